The largest absolute Gasteiger partial charge is 0.496 e. The fourth-order valence-corrected chi connectivity index (χ4v) is 3.12. The minimum Gasteiger partial charge on any atom is -0.496 e. The van der Waals surface area contributed by atoms with E-state index in [1.165, 1.54) is 0 Å². The molecule has 0 saturated heterocycles. The Morgan fingerprint density at radius 1 is 1.24 bits per heavy atom. The molecule has 1 aromatic carbocycles. The maximum absolute atomic E-state index is 5.70. The van der Waals surface area contributed by atoms with E-state index in [0.717, 1.165) is 33.7 Å². The number of pyridine rings is 1. The molecule has 0 amide bonds. The number of thioether (sulfide) groups is 1. The molecule has 5 heteroatoms. The Morgan fingerprint density at radius 3 is 2.81 bits per heavy atom. The molecule has 0 aliphatic heterocycles. The highest BCUT2D eigenvalue weighted by molar-refractivity contribution is 7.98. The zero-order chi connectivity index (χ0) is 14.8. The zero-order valence-electron chi connectivity index (χ0n) is 12.2. The molecule has 3 rings (SSSR count). The van der Waals surface area contributed by atoms with Gasteiger partial charge in [0, 0.05) is 23.1 Å². The number of hydrogen-bond acceptors (Lipinski definition) is 5. The molecule has 0 saturated carbocycles. The number of fused-ring (bicyclic) bond motifs is 1. The molecule has 0 atom stereocenters. The number of methoxy groups -OCH3 is 1. The Hall–Kier alpha value is -2.01. The highest BCUT2D eigenvalue weighted by Gasteiger charge is 2.12. The number of nitrogens with zero attached hydrogens (tertiary/aromatic N) is 2. The van der Waals surface area contributed by atoms with E-state index in [1.54, 1.807) is 18.9 Å². The van der Waals surface area contributed by atoms with Crippen molar-refractivity contribution in [2.45, 2.75) is 24.8 Å². The first kappa shape index (κ1) is 13.9. The molecule has 3 aromatic rings. The van der Waals surface area contributed by atoms with Crippen molar-refractivity contribution in [2.75, 3.05) is 7.11 Å². The number of hydrogen-bond donors (Lipinski definition) is 0. The van der Waals surface area contributed by atoms with E-state index in [4.69, 9.17) is 9.15 Å². The molecule has 0 N–H and O–H groups in total. The summed E-state index contributed by atoms with van der Waals surface area (Å²) < 4.78 is 11.1. The van der Waals surface area contributed by atoms with Crippen LogP contribution in [0.2, 0.25) is 0 Å². The Morgan fingerprint density at radius 2 is 2.05 bits per heavy atom. The summed E-state index contributed by atoms with van der Waals surface area (Å²) in [6.07, 6.45) is 1.84. The minimum atomic E-state index is 0.664. The van der Waals surface area contributed by atoms with Gasteiger partial charge in [-0.1, -0.05) is 23.9 Å². The first-order chi connectivity index (χ1) is 10.2. The summed E-state index contributed by atoms with van der Waals surface area (Å²) in [7, 11) is 1.69. The molecule has 108 valence electrons. The van der Waals surface area contributed by atoms with Crippen molar-refractivity contribution in [3.63, 3.8) is 0 Å². The van der Waals surface area contributed by atoms with Crippen molar-refractivity contribution in [1.29, 1.82) is 0 Å². The van der Waals surface area contributed by atoms with E-state index < -0.39 is 0 Å². The summed E-state index contributed by atoms with van der Waals surface area (Å²) in [4.78, 5) is 8.94. The monoisotopic (exact) mass is 300 g/mol. The van der Waals surface area contributed by atoms with Crippen molar-refractivity contribution in [3.05, 3.63) is 47.3 Å². The number of oxazole rings is 1. The molecule has 0 bridgehead atoms. The molecule has 0 fully saturated rings. The third kappa shape index (κ3) is 2.74. The average molecular weight is 300 g/mol. The van der Waals surface area contributed by atoms with Gasteiger partial charge >= 0.3 is 0 Å². The second-order valence-corrected chi connectivity index (χ2v) is 5.71. The lowest BCUT2D eigenvalue weighted by molar-refractivity contribution is 0.407. The molecule has 0 spiro atoms. The van der Waals surface area contributed by atoms with Crippen molar-refractivity contribution >= 4 is 22.9 Å². The van der Waals surface area contributed by atoms with Crippen LogP contribution in [-0.2, 0) is 5.75 Å². The number of para-hydroxylation sites is 2. The second-order valence-electron chi connectivity index (χ2n) is 4.78. The van der Waals surface area contributed by atoms with Crippen LogP contribution in [-0.4, -0.2) is 17.1 Å². The highest BCUT2D eigenvalue weighted by Crippen LogP contribution is 2.30. The van der Waals surface area contributed by atoms with Gasteiger partial charge in [0.15, 0.2) is 5.58 Å². The van der Waals surface area contributed by atoms with Crippen LogP contribution < -0.4 is 4.74 Å². The number of aromatic nitrogens is 2. The maximum atomic E-state index is 5.70. The molecule has 0 aliphatic carbocycles. The van der Waals surface area contributed by atoms with Crippen molar-refractivity contribution in [1.82, 2.24) is 9.97 Å². The summed E-state index contributed by atoms with van der Waals surface area (Å²) in [5.41, 5.74) is 4.80. The van der Waals surface area contributed by atoms with Gasteiger partial charge in [-0.25, -0.2) is 4.98 Å². The number of aryl methyl sites for hydroxylation is 1. The van der Waals surface area contributed by atoms with E-state index in [-0.39, 0.29) is 0 Å². The van der Waals surface area contributed by atoms with Gasteiger partial charge in [0.05, 0.1) is 12.8 Å². The Bertz CT molecular complexity index is 750. The standard InChI is InChI=1S/C16H16N2O2S/c1-10-8-17-13(11(2)15(10)19-3)9-21-16-18-12-6-4-5-7-14(12)20-16/h4-8H,9H2,1-3H3. The van der Waals surface area contributed by atoms with Gasteiger partial charge in [-0.15, -0.1) is 0 Å². The first-order valence-corrected chi connectivity index (χ1v) is 7.65. The van der Waals surface area contributed by atoms with Crippen molar-refractivity contribution < 1.29 is 9.15 Å². The van der Waals surface area contributed by atoms with Crippen LogP contribution in [0.3, 0.4) is 0 Å². The summed E-state index contributed by atoms with van der Waals surface area (Å²) in [6, 6.07) is 7.76. The van der Waals surface area contributed by atoms with E-state index in [0.29, 0.717) is 11.0 Å². The van der Waals surface area contributed by atoms with Crippen LogP contribution in [0.15, 0.2) is 40.1 Å². The highest BCUT2D eigenvalue weighted by atomic mass is 32.2. The molecule has 2 aromatic heterocycles. The van der Waals surface area contributed by atoms with Crippen LogP contribution in [0.25, 0.3) is 11.1 Å². The Balaban J connectivity index is 1.81. The lowest BCUT2D eigenvalue weighted by Crippen LogP contribution is -1.98. The van der Waals surface area contributed by atoms with Crippen LogP contribution in [0, 0.1) is 13.8 Å². The third-order valence-electron chi connectivity index (χ3n) is 3.36. The molecule has 4 nitrogen and oxygen atoms in total. The molecule has 0 aliphatic rings. The summed E-state index contributed by atoms with van der Waals surface area (Å²) >= 11 is 1.54. The van der Waals surface area contributed by atoms with Gasteiger partial charge < -0.3 is 9.15 Å². The number of ether oxygens (including phenoxy) is 1. The van der Waals surface area contributed by atoms with Gasteiger partial charge in [0.2, 0.25) is 0 Å². The average Bonchev–Trinajstić information content (AvgIpc) is 2.90. The zero-order valence-corrected chi connectivity index (χ0v) is 13.0. The molecule has 2 heterocycles. The lowest BCUT2D eigenvalue weighted by atomic mass is 10.1. The SMILES string of the molecule is COc1c(C)cnc(CSc2nc3ccccc3o2)c1C. The second kappa shape index (κ2) is 5.77. The molecule has 0 radical (unpaired) electrons. The van der Waals surface area contributed by atoms with Crippen LogP contribution >= 0.6 is 11.8 Å². The topological polar surface area (TPSA) is 48.2 Å². The van der Waals surface area contributed by atoms with Gasteiger partial charge in [-0.05, 0) is 26.0 Å². The normalized spacial score (nSPS) is 11.0. The quantitative estimate of drug-likeness (QED) is 0.678. The summed E-state index contributed by atoms with van der Waals surface area (Å²) in [6.45, 7) is 4.03. The van der Waals surface area contributed by atoms with E-state index in [9.17, 15) is 0 Å². The minimum absolute atomic E-state index is 0.664. The van der Waals surface area contributed by atoms with Crippen molar-refractivity contribution in [3.8, 4) is 5.75 Å². The molecule has 21 heavy (non-hydrogen) atoms. The van der Waals surface area contributed by atoms with Crippen LogP contribution in [0.4, 0.5) is 0 Å². The van der Waals surface area contributed by atoms with E-state index in [2.05, 4.69) is 9.97 Å². The van der Waals surface area contributed by atoms with E-state index >= 15 is 0 Å². The Kier molecular flexibility index (Phi) is 3.84. The van der Waals surface area contributed by atoms with Crippen molar-refractivity contribution in [2.24, 2.45) is 0 Å². The fraction of sp³-hybridized carbons (Fsp3) is 0.250. The van der Waals surface area contributed by atoms with Gasteiger partial charge in [0.1, 0.15) is 11.3 Å². The maximum Gasteiger partial charge on any atom is 0.257 e. The van der Waals surface area contributed by atoms with Gasteiger partial charge in [-0.3, -0.25) is 4.98 Å². The molecular formula is C16H16N2O2S. The lowest BCUT2D eigenvalue weighted by Gasteiger charge is -2.11. The third-order valence-corrected chi connectivity index (χ3v) is 4.20. The predicted octanol–water partition coefficient (Wildman–Crippen LogP) is 4.14. The Labute approximate surface area is 127 Å². The van der Waals surface area contributed by atoms with E-state index in [1.807, 2.05) is 44.3 Å². The summed E-state index contributed by atoms with van der Waals surface area (Å²) in [5, 5.41) is 0.664. The number of rotatable bonds is 4. The fourth-order valence-electron chi connectivity index (χ4n) is 2.26. The first-order valence-electron chi connectivity index (χ1n) is 6.66. The van der Waals surface area contributed by atoms with Gasteiger partial charge in [-0.2, -0.15) is 0 Å². The molecule has 0 unspecified atom stereocenters. The smallest absolute Gasteiger partial charge is 0.257 e. The summed E-state index contributed by atoms with van der Waals surface area (Å²) in [5.74, 6) is 1.60. The molecular weight excluding hydrogens is 284 g/mol. The predicted molar refractivity (Wildman–Crippen MR) is 83.8 cm³/mol. The number of benzene rings is 1. The van der Waals surface area contributed by atoms with Gasteiger partial charge in [0.25, 0.3) is 5.22 Å². The van der Waals surface area contributed by atoms with Crippen LogP contribution in [0.1, 0.15) is 16.8 Å². The van der Waals surface area contributed by atoms with Crippen LogP contribution in [0.5, 0.6) is 5.75 Å².